The molecule has 0 aliphatic carbocycles. The summed E-state index contributed by atoms with van der Waals surface area (Å²) in [5, 5.41) is 0. The number of hydrogen-bond donors (Lipinski definition) is 1. The molecule has 1 aliphatic heterocycles. The van der Waals surface area contributed by atoms with Crippen LogP contribution in [0.1, 0.15) is 72.3 Å². The average Bonchev–Trinajstić information content (AvgIpc) is 3.03. The maximum absolute atomic E-state index is 11.7. The van der Waals surface area contributed by atoms with Gasteiger partial charge in [-0.25, -0.2) is 0 Å². The smallest absolute Gasteiger partial charge is 0.315 e. The fourth-order valence-corrected chi connectivity index (χ4v) is 41.7. The normalized spacial score (nSPS) is 15.3. The molecule has 2 N–H and O–H groups in total. The van der Waals surface area contributed by atoms with E-state index in [1.807, 2.05) is 0 Å². The summed E-state index contributed by atoms with van der Waals surface area (Å²) in [5.41, 5.74) is 5.67. The van der Waals surface area contributed by atoms with Gasteiger partial charge in [0.25, 0.3) is 11.8 Å². The topological polar surface area (TPSA) is 119 Å². The Morgan fingerprint density at radius 1 is 0.444 bits per heavy atom. The molecule has 0 spiro atoms. The van der Waals surface area contributed by atoms with Gasteiger partial charge in [-0.15, -0.1) is 0 Å². The van der Waals surface area contributed by atoms with E-state index in [0.717, 1.165) is 18.5 Å². The van der Waals surface area contributed by atoms with Crippen LogP contribution in [0.15, 0.2) is 12.2 Å². The van der Waals surface area contributed by atoms with Crippen molar-refractivity contribution < 1.29 is 34.3 Å². The fourth-order valence-electron chi connectivity index (χ4n) is 5.73. The molecule has 0 saturated carbocycles. The number of carbonyl (C=O) groups excluding carboxylic acids is 2. The Kier molecular flexibility index (Phi) is 40.0. The van der Waals surface area contributed by atoms with Crippen molar-refractivity contribution >= 4 is 79.3 Å². The molecule has 1 heterocycles. The number of rotatable bonds is 19. The van der Waals surface area contributed by atoms with E-state index in [2.05, 4.69) is 118 Å². The number of nitrogens with zero attached hydrogens (tertiary/aromatic N) is 1. The highest BCUT2D eigenvalue weighted by molar-refractivity contribution is 6.90. The van der Waals surface area contributed by atoms with Crippen molar-refractivity contribution in [3.63, 3.8) is 0 Å². The first kappa shape index (κ1) is 75.2. The summed E-state index contributed by atoms with van der Waals surface area (Å²) in [7, 11) is -15.9. The van der Waals surface area contributed by atoms with Crippen LogP contribution in [0.5, 0.6) is 0 Å². The molecule has 0 aromatic rings. The van der Waals surface area contributed by atoms with E-state index >= 15 is 0 Å². The lowest BCUT2D eigenvalue weighted by Crippen LogP contribution is -2.57. The monoisotopic (exact) mass is 915 g/mol. The minimum absolute atomic E-state index is 0. The number of nitrogens with two attached hydrogens (primary N) is 1. The van der Waals surface area contributed by atoms with Crippen LogP contribution in [0.25, 0.3) is 0 Å². The summed E-state index contributed by atoms with van der Waals surface area (Å²) in [5.74, 6) is -0.468. The standard InChI is InChI=1S/C16H35NO5Si4.C12H35NO3Si4.8CH4/c1-23(2,3)20-25(7,8)22-26(9,21-24(4,5)6)14-10-13-17-15(18)11-12-16(17)19;1-17(2,3)14-19(7,8)16-20(9,12-10-11-13)15-18(4,5)6;;;;;;;;/h11-12H,10,13-14H2,1-9H3;10-13H2,1-9H3;8*1H4. The van der Waals surface area contributed by atoms with E-state index in [-0.39, 0.29) is 71.2 Å². The van der Waals surface area contributed by atoms with E-state index in [1.54, 1.807) is 0 Å². The summed E-state index contributed by atoms with van der Waals surface area (Å²) in [6.07, 6.45) is 4.30. The molecule has 10 nitrogen and oxygen atoms in total. The van der Waals surface area contributed by atoms with Crippen LogP contribution >= 0.6 is 0 Å². The third kappa shape index (κ3) is 36.7. The summed E-state index contributed by atoms with van der Waals surface area (Å²) in [6.45, 7) is 40.1. The molecule has 2 amide bonds. The molecule has 0 radical (unpaired) electrons. The van der Waals surface area contributed by atoms with Crippen LogP contribution < -0.4 is 5.73 Å². The Hall–Kier alpha value is 0.335. The van der Waals surface area contributed by atoms with Crippen molar-refractivity contribution in [1.29, 1.82) is 0 Å². The van der Waals surface area contributed by atoms with Gasteiger partial charge in [0.05, 0.1) is 0 Å². The second-order valence-electron chi connectivity index (χ2n) is 17.3. The lowest BCUT2D eigenvalue weighted by molar-refractivity contribution is -0.136. The predicted molar refractivity (Wildman–Crippen MR) is 266 cm³/mol. The molecule has 54 heavy (non-hydrogen) atoms. The lowest BCUT2D eigenvalue weighted by atomic mass is 10.4. The molecule has 18 heteroatoms. The van der Waals surface area contributed by atoms with E-state index in [0.29, 0.717) is 19.5 Å². The van der Waals surface area contributed by atoms with Crippen molar-refractivity contribution in [2.45, 2.75) is 202 Å². The van der Waals surface area contributed by atoms with Gasteiger partial charge in [0.2, 0.25) is 0 Å². The van der Waals surface area contributed by atoms with Crippen molar-refractivity contribution in [3.05, 3.63) is 12.2 Å². The van der Waals surface area contributed by atoms with Gasteiger partial charge in [-0.3, -0.25) is 14.5 Å². The molecule has 0 saturated heterocycles. The molecular weight excluding hydrogens is 813 g/mol. The molecule has 1 rings (SSSR count). The Balaban J connectivity index is -0.0000000956. The second kappa shape index (κ2) is 28.7. The molecule has 0 aromatic heterocycles. The van der Waals surface area contributed by atoms with Crippen molar-refractivity contribution in [1.82, 2.24) is 4.90 Å². The van der Waals surface area contributed by atoms with E-state index in [1.165, 1.54) is 17.1 Å². The third-order valence-corrected chi connectivity index (χ3v) is 32.9. The van der Waals surface area contributed by atoms with Crippen LogP contribution in [-0.4, -0.2) is 97.3 Å². The highest BCUT2D eigenvalue weighted by Gasteiger charge is 2.45. The number of carbonyl (C=O) groups is 2. The lowest BCUT2D eigenvalue weighted by Gasteiger charge is -2.41. The summed E-state index contributed by atoms with van der Waals surface area (Å²) >= 11 is 0. The highest BCUT2D eigenvalue weighted by Crippen LogP contribution is 2.29. The number of amides is 2. The van der Waals surface area contributed by atoms with Crippen molar-refractivity contribution in [3.8, 4) is 0 Å². The molecule has 2 unspecified atom stereocenters. The van der Waals surface area contributed by atoms with Crippen molar-refractivity contribution in [2.24, 2.45) is 5.73 Å². The Morgan fingerprint density at radius 2 is 0.704 bits per heavy atom. The first-order valence-corrected chi connectivity index (χ1v) is 41.0. The van der Waals surface area contributed by atoms with E-state index in [4.69, 9.17) is 30.4 Å². The molecular formula is C36H102N2O8Si8. The Bertz CT molecular complexity index is 1010. The van der Waals surface area contributed by atoms with Gasteiger partial charge < -0.3 is 30.4 Å². The highest BCUT2D eigenvalue weighted by atomic mass is 28.5. The van der Waals surface area contributed by atoms with Gasteiger partial charge in [0.1, 0.15) is 0 Å². The van der Waals surface area contributed by atoms with E-state index in [9.17, 15) is 9.59 Å². The Labute approximate surface area is 350 Å². The van der Waals surface area contributed by atoms with Crippen LogP contribution in [0.2, 0.25) is 130 Å². The number of hydrogen-bond acceptors (Lipinski definition) is 9. The van der Waals surface area contributed by atoms with Gasteiger partial charge in [-0.2, -0.15) is 0 Å². The quantitative estimate of drug-likeness (QED) is 0.0998. The zero-order chi connectivity index (χ0) is 36.6. The van der Waals surface area contributed by atoms with Crippen molar-refractivity contribution in [2.75, 3.05) is 13.1 Å². The zero-order valence-electron chi connectivity index (χ0n) is 32.7. The Morgan fingerprint density at radius 3 is 0.944 bits per heavy atom. The van der Waals surface area contributed by atoms with Gasteiger partial charge in [0, 0.05) is 18.7 Å². The molecule has 1 aliphatic rings. The SMILES string of the molecule is C.C.C.C.C.C.C.C.C[Si](C)(C)O[Si](C)(C)O[Si](C)(CCCN)O[Si](C)(C)C.C[Si](C)(C)O[Si](C)(C)O[Si](C)(CCCN1C(=O)C=CC1=O)O[Si](C)(C)C. The van der Waals surface area contributed by atoms with Crippen LogP contribution in [0, 0.1) is 0 Å². The maximum atomic E-state index is 11.7. The molecule has 336 valence electrons. The summed E-state index contributed by atoms with van der Waals surface area (Å²) in [6, 6.07) is 1.69. The molecule has 0 aromatic carbocycles. The summed E-state index contributed by atoms with van der Waals surface area (Å²) < 4.78 is 38.7. The third-order valence-electron chi connectivity index (χ3n) is 5.82. The van der Waals surface area contributed by atoms with Gasteiger partial charge in [-0.05, 0) is 149 Å². The van der Waals surface area contributed by atoms with Gasteiger partial charge in [-0.1, -0.05) is 59.4 Å². The minimum atomic E-state index is -2.48. The van der Waals surface area contributed by atoms with Crippen LogP contribution in [0.3, 0.4) is 0 Å². The fraction of sp³-hybridized carbons (Fsp3) is 0.889. The molecule has 2 atom stereocenters. The summed E-state index contributed by atoms with van der Waals surface area (Å²) in [4.78, 5) is 24.7. The minimum Gasteiger partial charge on any atom is -0.437 e. The predicted octanol–water partition coefficient (Wildman–Crippen LogP) is 12.7. The zero-order valence-corrected chi connectivity index (χ0v) is 40.7. The largest absolute Gasteiger partial charge is 0.437 e. The van der Waals surface area contributed by atoms with Gasteiger partial charge in [0.15, 0.2) is 33.3 Å². The molecule has 0 fully saturated rings. The van der Waals surface area contributed by atoms with Crippen LogP contribution in [-0.2, 0) is 34.3 Å². The first-order chi connectivity index (χ1) is 20.2. The average molecular weight is 916 g/mol. The number of imide groups is 1. The second-order valence-corrected chi connectivity index (χ2v) is 50.2. The van der Waals surface area contributed by atoms with Crippen LogP contribution in [0.4, 0.5) is 0 Å². The van der Waals surface area contributed by atoms with E-state index < -0.39 is 67.5 Å². The molecule has 0 bridgehead atoms. The maximum Gasteiger partial charge on any atom is 0.315 e. The van der Waals surface area contributed by atoms with Gasteiger partial charge >= 0.3 is 34.2 Å². The first-order valence-electron chi connectivity index (χ1n) is 16.6.